The van der Waals surface area contributed by atoms with E-state index in [0.29, 0.717) is 12.6 Å². The van der Waals surface area contributed by atoms with Gasteiger partial charge in [0.2, 0.25) is 0 Å². The van der Waals surface area contributed by atoms with Crippen molar-refractivity contribution in [2.45, 2.75) is 38.4 Å². The van der Waals surface area contributed by atoms with Crippen LogP contribution in [-0.2, 0) is 6.54 Å². The summed E-state index contributed by atoms with van der Waals surface area (Å²) in [6.07, 6.45) is 2.67. The number of nitrogens with one attached hydrogen (secondary N) is 2. The molecule has 1 aliphatic carbocycles. The molecule has 1 atom stereocenters. The van der Waals surface area contributed by atoms with E-state index in [4.69, 9.17) is 11.6 Å². The van der Waals surface area contributed by atoms with Gasteiger partial charge in [-0.1, -0.05) is 23.7 Å². The van der Waals surface area contributed by atoms with Crippen LogP contribution >= 0.6 is 35.6 Å². The summed E-state index contributed by atoms with van der Waals surface area (Å²) in [4.78, 5) is 6.70. The third-order valence-electron chi connectivity index (χ3n) is 3.96. The van der Waals surface area contributed by atoms with Crippen molar-refractivity contribution < 1.29 is 0 Å². The lowest BCUT2D eigenvalue weighted by Crippen LogP contribution is -2.45. The number of guanidine groups is 1. The SMILES string of the molecule is CN=C(NCc1cccc(Cl)c1)NCC(C)N(C)C1CC1.I. The predicted molar refractivity (Wildman–Crippen MR) is 105 cm³/mol. The summed E-state index contributed by atoms with van der Waals surface area (Å²) in [5.41, 5.74) is 1.15. The van der Waals surface area contributed by atoms with Gasteiger partial charge in [0.05, 0.1) is 0 Å². The summed E-state index contributed by atoms with van der Waals surface area (Å²) in [5.74, 6) is 0.825. The van der Waals surface area contributed by atoms with Crippen LogP contribution < -0.4 is 10.6 Å². The zero-order chi connectivity index (χ0) is 15.2. The van der Waals surface area contributed by atoms with E-state index >= 15 is 0 Å². The first-order valence-electron chi connectivity index (χ1n) is 7.51. The molecule has 1 aromatic rings. The van der Waals surface area contributed by atoms with E-state index in [9.17, 15) is 0 Å². The van der Waals surface area contributed by atoms with Crippen molar-refractivity contribution in [1.82, 2.24) is 15.5 Å². The van der Waals surface area contributed by atoms with Crippen LogP contribution in [-0.4, -0.2) is 43.6 Å². The molecule has 0 heterocycles. The van der Waals surface area contributed by atoms with Crippen molar-refractivity contribution in [1.29, 1.82) is 0 Å². The molecular formula is C16H26ClIN4. The summed E-state index contributed by atoms with van der Waals surface area (Å²) in [5, 5.41) is 7.46. The number of likely N-dealkylation sites (N-methyl/N-ethyl adjacent to an activating group) is 1. The molecule has 4 nitrogen and oxygen atoms in total. The lowest BCUT2D eigenvalue weighted by atomic mass is 10.2. The van der Waals surface area contributed by atoms with Crippen LogP contribution in [0.25, 0.3) is 0 Å². The highest BCUT2D eigenvalue weighted by atomic mass is 127. The maximum atomic E-state index is 5.99. The quantitative estimate of drug-likeness (QED) is 0.409. The van der Waals surface area contributed by atoms with Gasteiger partial charge in [0.1, 0.15) is 0 Å². The van der Waals surface area contributed by atoms with Crippen LogP contribution in [0.1, 0.15) is 25.3 Å². The van der Waals surface area contributed by atoms with E-state index in [0.717, 1.165) is 29.1 Å². The lowest BCUT2D eigenvalue weighted by Gasteiger charge is -2.25. The molecule has 0 aromatic heterocycles. The average molecular weight is 437 g/mol. The molecule has 1 aromatic carbocycles. The predicted octanol–water partition coefficient (Wildman–Crippen LogP) is 3.11. The second kappa shape index (κ2) is 9.57. The van der Waals surface area contributed by atoms with E-state index in [2.05, 4.69) is 40.6 Å². The van der Waals surface area contributed by atoms with E-state index in [1.54, 1.807) is 7.05 Å². The van der Waals surface area contributed by atoms with Gasteiger partial charge in [-0.25, -0.2) is 0 Å². The van der Waals surface area contributed by atoms with E-state index < -0.39 is 0 Å². The second-order valence-electron chi connectivity index (χ2n) is 5.68. The van der Waals surface area contributed by atoms with Crippen molar-refractivity contribution in [3.05, 3.63) is 34.9 Å². The fourth-order valence-electron chi connectivity index (χ4n) is 2.28. The lowest BCUT2D eigenvalue weighted by molar-refractivity contribution is 0.247. The summed E-state index contributed by atoms with van der Waals surface area (Å²) < 4.78 is 0. The van der Waals surface area contributed by atoms with Crippen molar-refractivity contribution in [2.75, 3.05) is 20.6 Å². The Labute approximate surface area is 155 Å². The van der Waals surface area contributed by atoms with Crippen molar-refractivity contribution >= 4 is 41.5 Å². The maximum absolute atomic E-state index is 5.99. The molecule has 1 saturated carbocycles. The van der Waals surface area contributed by atoms with Gasteiger partial charge in [0.15, 0.2) is 5.96 Å². The molecule has 124 valence electrons. The molecule has 2 rings (SSSR count). The second-order valence-corrected chi connectivity index (χ2v) is 6.12. The molecule has 0 aliphatic heterocycles. The Balaban J connectivity index is 0.00000242. The highest BCUT2D eigenvalue weighted by Crippen LogP contribution is 2.26. The maximum Gasteiger partial charge on any atom is 0.191 e. The van der Waals surface area contributed by atoms with Crippen LogP contribution in [0.4, 0.5) is 0 Å². The van der Waals surface area contributed by atoms with Gasteiger partial charge >= 0.3 is 0 Å². The van der Waals surface area contributed by atoms with Crippen molar-refractivity contribution in [3.8, 4) is 0 Å². The molecular weight excluding hydrogens is 411 g/mol. The van der Waals surface area contributed by atoms with Gasteiger partial charge in [-0.05, 0) is 44.5 Å². The van der Waals surface area contributed by atoms with Gasteiger partial charge in [-0.2, -0.15) is 0 Å². The Morgan fingerprint density at radius 3 is 2.73 bits per heavy atom. The Bertz CT molecular complexity index is 491. The van der Waals surface area contributed by atoms with Crippen LogP contribution in [0.15, 0.2) is 29.3 Å². The Morgan fingerprint density at radius 1 is 1.41 bits per heavy atom. The molecule has 6 heteroatoms. The summed E-state index contributed by atoms with van der Waals surface area (Å²) in [6.45, 7) is 3.85. The smallest absolute Gasteiger partial charge is 0.191 e. The number of nitrogens with zero attached hydrogens (tertiary/aromatic N) is 2. The normalized spacial score (nSPS) is 16.1. The Hall–Kier alpha value is -0.530. The fraction of sp³-hybridized carbons (Fsp3) is 0.562. The molecule has 2 N–H and O–H groups in total. The molecule has 1 unspecified atom stereocenters. The zero-order valence-electron chi connectivity index (χ0n) is 13.5. The van der Waals surface area contributed by atoms with Crippen LogP contribution in [0.2, 0.25) is 5.02 Å². The number of aliphatic imine (C=N–C) groups is 1. The first-order chi connectivity index (χ1) is 10.1. The number of halogens is 2. The van der Waals surface area contributed by atoms with E-state index in [-0.39, 0.29) is 24.0 Å². The largest absolute Gasteiger partial charge is 0.355 e. The van der Waals surface area contributed by atoms with Crippen LogP contribution in [0, 0.1) is 0 Å². The third-order valence-corrected chi connectivity index (χ3v) is 4.19. The minimum atomic E-state index is 0. The van der Waals surface area contributed by atoms with Gasteiger partial charge in [-0.3, -0.25) is 9.89 Å². The molecule has 0 bridgehead atoms. The minimum absolute atomic E-state index is 0. The molecule has 1 fully saturated rings. The van der Waals surface area contributed by atoms with Crippen molar-refractivity contribution in [2.24, 2.45) is 4.99 Å². The topological polar surface area (TPSA) is 39.7 Å². The van der Waals surface area contributed by atoms with E-state index in [1.165, 1.54) is 12.8 Å². The first kappa shape index (κ1) is 19.5. The van der Waals surface area contributed by atoms with Crippen molar-refractivity contribution in [3.63, 3.8) is 0 Å². The molecule has 0 saturated heterocycles. The number of hydrogen-bond acceptors (Lipinski definition) is 2. The number of hydrogen-bond donors (Lipinski definition) is 2. The number of rotatable bonds is 6. The standard InChI is InChI=1S/C16H25ClN4.HI/c1-12(21(3)15-7-8-15)10-19-16(18-2)20-11-13-5-4-6-14(17)9-13;/h4-6,9,12,15H,7-8,10-11H2,1-3H3,(H2,18,19,20);1H. The molecule has 0 amide bonds. The minimum Gasteiger partial charge on any atom is -0.355 e. The van der Waals surface area contributed by atoms with Gasteiger partial charge in [0.25, 0.3) is 0 Å². The monoisotopic (exact) mass is 436 g/mol. The molecule has 22 heavy (non-hydrogen) atoms. The zero-order valence-corrected chi connectivity index (χ0v) is 16.6. The third kappa shape index (κ3) is 6.30. The highest BCUT2D eigenvalue weighted by molar-refractivity contribution is 14.0. The number of benzene rings is 1. The molecule has 1 aliphatic rings. The van der Waals surface area contributed by atoms with Gasteiger partial charge < -0.3 is 10.6 Å². The first-order valence-corrected chi connectivity index (χ1v) is 7.89. The Morgan fingerprint density at radius 2 is 2.14 bits per heavy atom. The van der Waals surface area contributed by atoms with E-state index in [1.807, 2.05) is 18.2 Å². The summed E-state index contributed by atoms with van der Waals surface area (Å²) >= 11 is 5.99. The molecule has 0 spiro atoms. The molecule has 0 radical (unpaired) electrons. The fourth-order valence-corrected chi connectivity index (χ4v) is 2.50. The van der Waals surface area contributed by atoms with Gasteiger partial charge in [0, 0.05) is 37.2 Å². The Kier molecular flexibility index (Phi) is 8.49. The van der Waals surface area contributed by atoms with Crippen LogP contribution in [0.5, 0.6) is 0 Å². The summed E-state index contributed by atoms with van der Waals surface area (Å²) in [7, 11) is 3.99. The average Bonchev–Trinajstić information content (AvgIpc) is 3.31. The highest BCUT2D eigenvalue weighted by Gasteiger charge is 2.28. The summed E-state index contributed by atoms with van der Waals surface area (Å²) in [6, 6.07) is 9.14. The van der Waals surface area contributed by atoms with Crippen LogP contribution in [0.3, 0.4) is 0 Å². The van der Waals surface area contributed by atoms with Gasteiger partial charge in [-0.15, -0.1) is 24.0 Å².